The largest absolute Gasteiger partial charge is 0.390 e. The molecule has 3 nitrogen and oxygen atoms in total. The Bertz CT molecular complexity index is 216. The molecule has 2 aliphatic rings. The first kappa shape index (κ1) is 13.3. The highest BCUT2D eigenvalue weighted by Gasteiger charge is 2.42. The fraction of sp³-hybridized carbons (Fsp3) is 1.00. The molecule has 2 fully saturated rings. The summed E-state index contributed by atoms with van der Waals surface area (Å²) in [6.07, 6.45) is 8.70. The molecule has 1 saturated heterocycles. The van der Waals surface area contributed by atoms with Crippen molar-refractivity contribution >= 4 is 0 Å². The van der Waals surface area contributed by atoms with E-state index in [1.165, 1.54) is 25.7 Å². The van der Waals surface area contributed by atoms with Crippen LogP contribution in [0.15, 0.2) is 0 Å². The molecule has 2 rings (SSSR count). The third-order valence-corrected chi connectivity index (χ3v) is 4.54. The summed E-state index contributed by atoms with van der Waals surface area (Å²) in [6, 6.07) is 0. The number of rotatable bonds is 3. The lowest BCUT2D eigenvalue weighted by atomic mass is 9.79. The van der Waals surface area contributed by atoms with Crippen LogP contribution in [-0.4, -0.2) is 37.1 Å². The smallest absolute Gasteiger partial charge is 0.0940 e. The van der Waals surface area contributed by atoms with E-state index < -0.39 is 0 Å². The molecule has 0 radical (unpaired) electrons. The lowest BCUT2D eigenvalue weighted by molar-refractivity contribution is -0.149. The topological polar surface area (TPSA) is 38.7 Å². The molecule has 0 spiro atoms. The molecule has 0 aromatic carbocycles. The molecule has 0 amide bonds. The predicted molar refractivity (Wildman–Crippen MR) is 67.0 cm³/mol. The lowest BCUT2D eigenvalue weighted by Gasteiger charge is -2.41. The molecule has 1 heterocycles. The van der Waals surface area contributed by atoms with Gasteiger partial charge in [0.05, 0.1) is 18.3 Å². The van der Waals surface area contributed by atoms with Gasteiger partial charge in [0.15, 0.2) is 0 Å². The van der Waals surface area contributed by atoms with E-state index in [9.17, 15) is 5.11 Å². The highest BCUT2D eigenvalue weighted by molar-refractivity contribution is 4.93. The van der Waals surface area contributed by atoms with Gasteiger partial charge in [-0.05, 0) is 25.7 Å². The van der Waals surface area contributed by atoms with E-state index in [0.29, 0.717) is 6.61 Å². The van der Waals surface area contributed by atoms with Gasteiger partial charge < -0.3 is 14.6 Å². The molecule has 1 saturated carbocycles. The van der Waals surface area contributed by atoms with E-state index in [1.807, 2.05) is 0 Å². The molecule has 2 unspecified atom stereocenters. The molecule has 100 valence electrons. The van der Waals surface area contributed by atoms with Gasteiger partial charge in [0.25, 0.3) is 0 Å². The van der Waals surface area contributed by atoms with Crippen LogP contribution >= 0.6 is 0 Å². The maximum Gasteiger partial charge on any atom is 0.0940 e. The van der Waals surface area contributed by atoms with Crippen molar-refractivity contribution in [1.29, 1.82) is 0 Å². The Morgan fingerprint density at radius 3 is 2.41 bits per heavy atom. The van der Waals surface area contributed by atoms with Gasteiger partial charge in [-0.25, -0.2) is 0 Å². The second kappa shape index (κ2) is 6.17. The average molecular weight is 242 g/mol. The quantitative estimate of drug-likeness (QED) is 0.773. The molecular formula is C14H26O3. The number of methoxy groups -OCH3 is 1. The van der Waals surface area contributed by atoms with Crippen LogP contribution < -0.4 is 0 Å². The van der Waals surface area contributed by atoms with Gasteiger partial charge in [0, 0.05) is 19.6 Å². The lowest BCUT2D eigenvalue weighted by Crippen LogP contribution is -2.49. The summed E-state index contributed by atoms with van der Waals surface area (Å²) in [5, 5.41) is 10.7. The molecule has 0 aromatic heterocycles. The van der Waals surface area contributed by atoms with Crippen molar-refractivity contribution in [3.8, 4) is 0 Å². The number of hydrogen-bond donors (Lipinski definition) is 1. The van der Waals surface area contributed by atoms with E-state index in [2.05, 4.69) is 0 Å². The van der Waals surface area contributed by atoms with Crippen LogP contribution in [0.5, 0.6) is 0 Å². The highest BCUT2D eigenvalue weighted by atomic mass is 16.5. The minimum absolute atomic E-state index is 0.266. The van der Waals surface area contributed by atoms with Crippen molar-refractivity contribution in [2.45, 2.75) is 63.1 Å². The van der Waals surface area contributed by atoms with Gasteiger partial charge in [0.2, 0.25) is 0 Å². The Hall–Kier alpha value is -0.120. The van der Waals surface area contributed by atoms with Crippen LogP contribution in [-0.2, 0) is 9.47 Å². The van der Waals surface area contributed by atoms with Crippen molar-refractivity contribution in [3.05, 3.63) is 0 Å². The maximum atomic E-state index is 10.7. The average Bonchev–Trinajstić information content (AvgIpc) is 2.65. The monoisotopic (exact) mass is 242 g/mol. The third kappa shape index (κ3) is 3.01. The zero-order chi connectivity index (χ0) is 12.1. The first-order valence-corrected chi connectivity index (χ1v) is 7.09. The zero-order valence-electron chi connectivity index (χ0n) is 11.0. The maximum absolute atomic E-state index is 10.7. The van der Waals surface area contributed by atoms with Gasteiger partial charge in [-0.3, -0.25) is 0 Å². The van der Waals surface area contributed by atoms with Crippen molar-refractivity contribution in [2.75, 3.05) is 20.3 Å². The number of hydrogen-bond acceptors (Lipinski definition) is 3. The Kier molecular flexibility index (Phi) is 4.83. The summed E-state index contributed by atoms with van der Waals surface area (Å²) in [6.45, 7) is 1.55. The van der Waals surface area contributed by atoms with Gasteiger partial charge in [0.1, 0.15) is 0 Å². The van der Waals surface area contributed by atoms with Crippen LogP contribution in [0.25, 0.3) is 0 Å². The zero-order valence-corrected chi connectivity index (χ0v) is 11.0. The van der Waals surface area contributed by atoms with Gasteiger partial charge in [-0.2, -0.15) is 0 Å². The highest BCUT2D eigenvalue weighted by Crippen LogP contribution is 2.37. The second-order valence-corrected chi connectivity index (χ2v) is 5.61. The number of aliphatic hydroxyl groups is 1. The number of ether oxygens (including phenoxy) is 2. The van der Waals surface area contributed by atoms with Crippen molar-refractivity contribution in [1.82, 2.24) is 0 Å². The molecule has 1 aliphatic heterocycles. The van der Waals surface area contributed by atoms with Crippen molar-refractivity contribution < 1.29 is 14.6 Å². The molecular weight excluding hydrogens is 216 g/mol. The van der Waals surface area contributed by atoms with Crippen LogP contribution in [0, 0.1) is 5.92 Å². The fourth-order valence-corrected chi connectivity index (χ4v) is 3.39. The minimum atomic E-state index is -0.356. The summed E-state index contributed by atoms with van der Waals surface area (Å²) >= 11 is 0. The van der Waals surface area contributed by atoms with Crippen LogP contribution in [0.3, 0.4) is 0 Å². The summed E-state index contributed by atoms with van der Waals surface area (Å²) in [7, 11) is 1.76. The Morgan fingerprint density at radius 2 is 1.88 bits per heavy atom. The van der Waals surface area contributed by atoms with E-state index in [0.717, 1.165) is 32.3 Å². The summed E-state index contributed by atoms with van der Waals surface area (Å²) in [4.78, 5) is 0. The second-order valence-electron chi connectivity index (χ2n) is 5.61. The van der Waals surface area contributed by atoms with E-state index in [4.69, 9.17) is 9.47 Å². The number of aliphatic hydroxyl groups excluding tert-OH is 1. The van der Waals surface area contributed by atoms with E-state index in [1.54, 1.807) is 7.11 Å². The molecule has 0 bridgehead atoms. The predicted octanol–water partition coefficient (Wildman–Crippen LogP) is 2.51. The van der Waals surface area contributed by atoms with Crippen LogP contribution in [0.4, 0.5) is 0 Å². The summed E-state index contributed by atoms with van der Waals surface area (Å²) in [5.41, 5.74) is -0.304. The van der Waals surface area contributed by atoms with E-state index >= 15 is 0 Å². The molecule has 2 atom stereocenters. The molecule has 3 heteroatoms. The molecule has 1 aliphatic carbocycles. The van der Waals surface area contributed by atoms with Crippen molar-refractivity contribution in [2.24, 2.45) is 5.92 Å². The molecule has 0 aromatic rings. The van der Waals surface area contributed by atoms with Gasteiger partial charge in [-0.1, -0.05) is 25.7 Å². The summed E-state index contributed by atoms with van der Waals surface area (Å²) < 4.78 is 11.3. The molecule has 17 heavy (non-hydrogen) atoms. The van der Waals surface area contributed by atoms with Crippen LogP contribution in [0.1, 0.15) is 51.4 Å². The normalized spacial score (nSPS) is 31.8. The Morgan fingerprint density at radius 1 is 1.18 bits per heavy atom. The molecule has 1 N–H and O–H groups in total. The minimum Gasteiger partial charge on any atom is -0.390 e. The first-order valence-electron chi connectivity index (χ1n) is 7.09. The first-order chi connectivity index (χ1) is 8.28. The SMILES string of the molecule is COC1(C(O)C2CCCOC2)CCCCCC1. The fourth-order valence-electron chi connectivity index (χ4n) is 3.39. The van der Waals surface area contributed by atoms with Gasteiger partial charge >= 0.3 is 0 Å². The Labute approximate surface area is 104 Å². The standard InChI is InChI=1S/C14H26O3/c1-16-14(8-4-2-3-5-9-14)13(15)12-7-6-10-17-11-12/h12-13,15H,2-11H2,1H3. The van der Waals surface area contributed by atoms with E-state index in [-0.39, 0.29) is 17.6 Å². The van der Waals surface area contributed by atoms with Crippen LogP contribution in [0.2, 0.25) is 0 Å². The summed E-state index contributed by atoms with van der Waals surface area (Å²) in [5.74, 6) is 0.266. The van der Waals surface area contributed by atoms with Gasteiger partial charge in [-0.15, -0.1) is 0 Å². The Balaban J connectivity index is 2.03. The van der Waals surface area contributed by atoms with Crippen molar-refractivity contribution in [3.63, 3.8) is 0 Å². The third-order valence-electron chi connectivity index (χ3n) is 4.54.